The molecule has 0 aliphatic carbocycles. The molecule has 0 atom stereocenters. The average molecular weight is 1160 g/mol. The van der Waals surface area contributed by atoms with Crippen LogP contribution >= 0.6 is 0 Å². The summed E-state index contributed by atoms with van der Waals surface area (Å²) in [4.78, 5) is 5.23. The maximum absolute atomic E-state index is 2.69. The zero-order valence-corrected chi connectivity index (χ0v) is 54.5. The second-order valence-corrected chi connectivity index (χ2v) is 29.9. The van der Waals surface area contributed by atoms with Gasteiger partial charge in [-0.25, -0.2) is 0 Å². The van der Waals surface area contributed by atoms with Gasteiger partial charge in [-0.15, -0.1) is 0 Å². The molecule has 0 saturated carbocycles. The Balaban J connectivity index is 1.16. The van der Waals surface area contributed by atoms with Crippen LogP contribution in [0.4, 0.5) is 34.1 Å². The normalized spacial score (nSPS) is 13.4. The summed E-state index contributed by atoms with van der Waals surface area (Å²) in [6, 6.07) is 92.4. The number of anilines is 6. The minimum absolute atomic E-state index is 0.128. The molecule has 0 saturated heterocycles. The van der Waals surface area contributed by atoms with E-state index in [-0.39, 0.29) is 33.8 Å². The zero-order valence-electron chi connectivity index (χ0n) is 54.5. The molecule has 0 unspecified atom stereocenters. The first-order chi connectivity index (χ1) is 42.4. The molecule has 0 radical (unpaired) electrons. The SMILES string of the molecule is CC(C)(C)c1cc(C(C)(C)C)c2c3c(C(C)(C)C)cc(C(C)(C)C)cc3n(-c3cc4c5c(c3)N(c3ccc(-c6ccccc6)cc3)c3cc(C(C)(C)c6ccccc6)ccc3B5c3cc(-c5ccccc5)ccc3N4c3ccc(-c4ccccc4)cc3)c2c1. The Kier molecular flexibility index (Phi) is 13.6. The summed E-state index contributed by atoms with van der Waals surface area (Å²) < 4.78 is 2.69. The van der Waals surface area contributed by atoms with Crippen molar-refractivity contribution in [2.24, 2.45) is 0 Å². The van der Waals surface area contributed by atoms with Crippen LogP contribution in [0.15, 0.2) is 243 Å². The number of fused-ring (bicyclic) bond motifs is 7. The monoisotopic (exact) mass is 1160 g/mol. The van der Waals surface area contributed by atoms with E-state index in [1.807, 2.05) is 0 Å². The number of benzene rings is 11. The van der Waals surface area contributed by atoms with Crippen LogP contribution in [0.25, 0.3) is 60.9 Å². The van der Waals surface area contributed by atoms with Gasteiger partial charge in [0.1, 0.15) is 0 Å². The summed E-state index contributed by atoms with van der Waals surface area (Å²) in [6.07, 6.45) is 0. The maximum atomic E-state index is 2.69. The van der Waals surface area contributed by atoms with E-state index in [0.29, 0.717) is 0 Å². The largest absolute Gasteiger partial charge is 0.311 e. The fourth-order valence-corrected chi connectivity index (χ4v) is 14.3. The van der Waals surface area contributed by atoms with Crippen molar-refractivity contribution in [1.29, 1.82) is 0 Å². The zero-order chi connectivity index (χ0) is 62.1. The lowest BCUT2D eigenvalue weighted by Gasteiger charge is -2.45. The van der Waals surface area contributed by atoms with Gasteiger partial charge in [0, 0.05) is 50.3 Å². The van der Waals surface area contributed by atoms with Crippen molar-refractivity contribution in [3.05, 3.63) is 276 Å². The summed E-state index contributed by atoms with van der Waals surface area (Å²) in [5, 5.41) is 2.68. The van der Waals surface area contributed by atoms with Gasteiger partial charge in [0.25, 0.3) is 6.71 Å². The molecular formula is C85H82BN3. The van der Waals surface area contributed by atoms with Crippen LogP contribution in [-0.4, -0.2) is 11.3 Å². The van der Waals surface area contributed by atoms with Gasteiger partial charge in [-0.3, -0.25) is 0 Å². The standard InChI is InChI=1S/C85H82BN3/c1-81(2,3)63-48-68(83(7,8)9)78-74(51-63)89(75-52-64(82(4,5)6)49-69(79(75)78)84(10,11)12)67-53-76-80-77(54-67)88(66-43-37-59(38-44-66)56-29-21-16-22-30-56)73-50-62(85(13,14)61-33-25-18-26-34-61)40-45-70(73)86(80)71-47-60(57-31-23-17-24-32-57)39-46-72(71)87(76)65-41-35-58(36-42-65)55-27-19-15-20-28-55/h15-54H,1-14H3. The first-order valence-electron chi connectivity index (χ1n) is 32.1. The lowest BCUT2D eigenvalue weighted by atomic mass is 9.33. The Hall–Kier alpha value is -9.12. The Morgan fingerprint density at radius 3 is 1.11 bits per heavy atom. The van der Waals surface area contributed by atoms with Gasteiger partial charge in [0.2, 0.25) is 0 Å². The van der Waals surface area contributed by atoms with Crippen molar-refractivity contribution in [2.75, 3.05) is 9.80 Å². The Labute approximate surface area is 529 Å². The number of aromatic nitrogens is 1. The first-order valence-corrected chi connectivity index (χ1v) is 32.1. The van der Waals surface area contributed by atoms with Crippen LogP contribution in [0, 0.1) is 0 Å². The van der Waals surface area contributed by atoms with E-state index in [2.05, 4.69) is 354 Å². The molecule has 89 heavy (non-hydrogen) atoms. The molecule has 0 amide bonds. The van der Waals surface area contributed by atoms with Crippen LogP contribution < -0.4 is 26.2 Å². The molecule has 0 bridgehead atoms. The second kappa shape index (κ2) is 21.0. The average Bonchev–Trinajstić information content (AvgIpc) is 1.75. The molecule has 0 spiro atoms. The molecule has 0 N–H and O–H groups in total. The van der Waals surface area contributed by atoms with Gasteiger partial charge in [-0.2, -0.15) is 0 Å². The third kappa shape index (κ3) is 9.91. The van der Waals surface area contributed by atoms with Gasteiger partial charge in [-0.05, 0) is 165 Å². The predicted molar refractivity (Wildman–Crippen MR) is 384 cm³/mol. The third-order valence-electron chi connectivity index (χ3n) is 19.4. The van der Waals surface area contributed by atoms with Gasteiger partial charge < -0.3 is 14.4 Å². The van der Waals surface area contributed by atoms with E-state index >= 15 is 0 Å². The maximum Gasteiger partial charge on any atom is 0.252 e. The van der Waals surface area contributed by atoms with Gasteiger partial charge >= 0.3 is 0 Å². The highest BCUT2D eigenvalue weighted by Gasteiger charge is 2.45. The van der Waals surface area contributed by atoms with E-state index in [4.69, 9.17) is 0 Å². The molecule has 2 aliphatic heterocycles. The number of rotatable bonds is 8. The number of hydrogen-bond acceptors (Lipinski definition) is 2. The summed E-state index contributed by atoms with van der Waals surface area (Å²) in [6.45, 7) is 33.4. The molecule has 1 aromatic heterocycles. The van der Waals surface area contributed by atoms with Crippen LogP contribution in [0.2, 0.25) is 0 Å². The highest BCUT2D eigenvalue weighted by atomic mass is 15.2. The van der Waals surface area contributed by atoms with Crippen LogP contribution in [0.1, 0.15) is 130 Å². The fraction of sp³-hybridized carbons (Fsp3) is 0.224. The summed E-state index contributed by atoms with van der Waals surface area (Å²) in [5.74, 6) is 0. The smallest absolute Gasteiger partial charge is 0.252 e. The van der Waals surface area contributed by atoms with Crippen molar-refractivity contribution in [3.8, 4) is 39.1 Å². The molecule has 2 aliphatic rings. The lowest BCUT2D eigenvalue weighted by Crippen LogP contribution is -2.61. The second-order valence-electron chi connectivity index (χ2n) is 29.9. The van der Waals surface area contributed by atoms with Crippen molar-refractivity contribution >= 4 is 79.0 Å². The minimum atomic E-state index is -0.311. The van der Waals surface area contributed by atoms with Crippen molar-refractivity contribution in [1.82, 2.24) is 4.57 Å². The highest BCUT2D eigenvalue weighted by molar-refractivity contribution is 7.00. The Bertz CT molecular complexity index is 4590. The van der Waals surface area contributed by atoms with Gasteiger partial charge in [-0.1, -0.05) is 279 Å². The Morgan fingerprint density at radius 2 is 0.674 bits per heavy atom. The van der Waals surface area contributed by atoms with Crippen LogP contribution in [-0.2, 0) is 27.1 Å². The molecule has 0 fully saturated rings. The van der Waals surface area contributed by atoms with Gasteiger partial charge in [0.05, 0.1) is 16.7 Å². The van der Waals surface area contributed by atoms with E-state index in [1.165, 1.54) is 128 Å². The van der Waals surface area contributed by atoms with E-state index in [0.717, 1.165) is 17.1 Å². The van der Waals surface area contributed by atoms with Crippen molar-refractivity contribution < 1.29 is 0 Å². The van der Waals surface area contributed by atoms with Crippen LogP contribution in [0.5, 0.6) is 0 Å². The topological polar surface area (TPSA) is 11.4 Å². The molecule has 11 aromatic carbocycles. The predicted octanol–water partition coefficient (Wildman–Crippen LogP) is 21.4. The molecular weight excluding hydrogens is 1070 g/mol. The minimum Gasteiger partial charge on any atom is -0.311 e. The molecule has 3 nitrogen and oxygen atoms in total. The van der Waals surface area contributed by atoms with E-state index in [9.17, 15) is 0 Å². The van der Waals surface area contributed by atoms with Crippen molar-refractivity contribution in [2.45, 2.75) is 124 Å². The quantitative estimate of drug-likeness (QED) is 0.141. The highest BCUT2D eigenvalue weighted by Crippen LogP contribution is 2.51. The summed E-state index contributed by atoms with van der Waals surface area (Å²) in [5.41, 5.74) is 28.6. The first kappa shape index (κ1) is 57.6. The van der Waals surface area contributed by atoms with E-state index in [1.54, 1.807) is 0 Å². The summed E-state index contributed by atoms with van der Waals surface area (Å²) in [7, 11) is 0. The number of hydrogen-bond donors (Lipinski definition) is 0. The molecule has 3 heterocycles. The lowest BCUT2D eigenvalue weighted by molar-refractivity contribution is 0.570. The molecule has 12 aromatic rings. The molecule has 4 heteroatoms. The van der Waals surface area contributed by atoms with Gasteiger partial charge in [0.15, 0.2) is 0 Å². The van der Waals surface area contributed by atoms with Crippen molar-refractivity contribution in [3.63, 3.8) is 0 Å². The summed E-state index contributed by atoms with van der Waals surface area (Å²) >= 11 is 0. The third-order valence-corrected chi connectivity index (χ3v) is 19.4. The number of nitrogens with zero attached hydrogens (tertiary/aromatic N) is 3. The fourth-order valence-electron chi connectivity index (χ4n) is 14.3. The molecule has 440 valence electrons. The van der Waals surface area contributed by atoms with Crippen LogP contribution in [0.3, 0.4) is 0 Å². The molecule has 14 rings (SSSR count). The Morgan fingerprint density at radius 1 is 0.270 bits per heavy atom. The van der Waals surface area contributed by atoms with E-state index < -0.39 is 0 Å².